The van der Waals surface area contributed by atoms with Crippen molar-refractivity contribution in [3.63, 3.8) is 0 Å². The first kappa shape index (κ1) is 20.1. The molecule has 1 aromatic carbocycles. The van der Waals surface area contributed by atoms with Gasteiger partial charge in [-0.1, -0.05) is 30.3 Å². The quantitative estimate of drug-likeness (QED) is 0.667. The summed E-state index contributed by atoms with van der Waals surface area (Å²) in [6, 6.07) is 10.4. The van der Waals surface area contributed by atoms with Gasteiger partial charge in [0.2, 0.25) is 0 Å². The van der Waals surface area contributed by atoms with Crippen molar-refractivity contribution >= 4 is 11.9 Å². The van der Waals surface area contributed by atoms with Crippen molar-refractivity contribution in [2.24, 2.45) is 0 Å². The van der Waals surface area contributed by atoms with E-state index in [1.165, 1.54) is 18.7 Å². The number of rotatable bonds is 6. The topological polar surface area (TPSA) is 99.1 Å². The molecule has 1 fully saturated rings. The fraction of sp³-hybridized carbons (Fsp3) is 0.529. The fourth-order valence-electron chi connectivity index (χ4n) is 2.36. The number of ether oxygens (including phenoxy) is 1. The number of hydrogen-bond acceptors (Lipinski definition) is 5. The molecule has 0 unspecified atom stereocenters. The smallest absolute Gasteiger partial charge is 0.414 e. The van der Waals surface area contributed by atoms with Crippen molar-refractivity contribution in [3.05, 3.63) is 35.9 Å². The Hall–Kier alpha value is -1.96. The summed E-state index contributed by atoms with van der Waals surface area (Å²) < 4.78 is 5.98. The van der Waals surface area contributed by atoms with Crippen LogP contribution >= 0.6 is 0 Å². The Bertz CT molecular complexity index is 475. The summed E-state index contributed by atoms with van der Waals surface area (Å²) in [6.07, 6.45) is 2.77. The van der Waals surface area contributed by atoms with Gasteiger partial charge in [0.25, 0.3) is 0 Å². The lowest BCUT2D eigenvalue weighted by atomic mass is 10.1. The molecule has 0 radical (unpaired) electrons. The first-order valence-corrected chi connectivity index (χ1v) is 8.01. The molecule has 2 rings (SSSR count). The Kier molecular flexibility index (Phi) is 9.67. The van der Waals surface area contributed by atoms with E-state index in [1.807, 2.05) is 13.1 Å². The molecule has 1 aromatic rings. The first-order chi connectivity index (χ1) is 11.5. The maximum absolute atomic E-state index is 9.10. The second kappa shape index (κ2) is 11.6. The lowest BCUT2D eigenvalue weighted by molar-refractivity contribution is -0.159. The second-order valence-electron chi connectivity index (χ2n) is 5.55. The van der Waals surface area contributed by atoms with Crippen molar-refractivity contribution < 1.29 is 24.5 Å². The number of piperidine rings is 1. The number of carboxylic acid groups (broad SMARTS) is 2. The monoisotopic (exact) mass is 338 g/mol. The van der Waals surface area contributed by atoms with Crippen LogP contribution in [0.25, 0.3) is 0 Å². The van der Waals surface area contributed by atoms with Crippen molar-refractivity contribution in [1.29, 1.82) is 0 Å². The lowest BCUT2D eigenvalue weighted by Gasteiger charge is -2.31. The standard InChI is InChI=1S/C15H24N2O.C2H2O4/c1-16-9-12-17-10-7-15(8-11-17)18-13-14-5-3-2-4-6-14;3-1(4)2(5)6/h2-6,15-16H,7-13H2,1H3;(H,3,4)(H,5,6). The third-order valence-corrected chi connectivity index (χ3v) is 3.72. The fourth-order valence-corrected chi connectivity index (χ4v) is 2.36. The summed E-state index contributed by atoms with van der Waals surface area (Å²) in [5, 5.41) is 18.0. The van der Waals surface area contributed by atoms with E-state index in [4.69, 9.17) is 24.5 Å². The van der Waals surface area contributed by atoms with Crippen LogP contribution < -0.4 is 5.32 Å². The summed E-state index contributed by atoms with van der Waals surface area (Å²) in [5.41, 5.74) is 1.27. The highest BCUT2D eigenvalue weighted by Gasteiger charge is 2.18. The Morgan fingerprint density at radius 2 is 1.75 bits per heavy atom. The van der Waals surface area contributed by atoms with Gasteiger partial charge in [0.1, 0.15) is 0 Å². The number of carboxylic acids is 2. The van der Waals surface area contributed by atoms with Gasteiger partial charge in [-0.05, 0) is 25.5 Å². The number of carbonyl (C=O) groups is 2. The predicted molar refractivity (Wildman–Crippen MR) is 89.9 cm³/mol. The van der Waals surface area contributed by atoms with E-state index < -0.39 is 11.9 Å². The first-order valence-electron chi connectivity index (χ1n) is 8.01. The highest BCUT2D eigenvalue weighted by atomic mass is 16.5. The molecule has 0 atom stereocenters. The zero-order valence-electron chi connectivity index (χ0n) is 14.0. The van der Waals surface area contributed by atoms with E-state index in [0.29, 0.717) is 6.10 Å². The van der Waals surface area contributed by atoms with E-state index in [1.54, 1.807) is 0 Å². The molecule has 24 heavy (non-hydrogen) atoms. The third kappa shape index (κ3) is 8.61. The molecule has 0 spiro atoms. The number of likely N-dealkylation sites (N-methyl/N-ethyl adjacent to an activating group) is 1. The average Bonchev–Trinajstić information content (AvgIpc) is 2.60. The largest absolute Gasteiger partial charge is 0.473 e. The van der Waals surface area contributed by atoms with Gasteiger partial charge in [-0.2, -0.15) is 0 Å². The van der Waals surface area contributed by atoms with Gasteiger partial charge < -0.3 is 25.2 Å². The van der Waals surface area contributed by atoms with E-state index in [2.05, 4.69) is 34.5 Å². The number of nitrogens with zero attached hydrogens (tertiary/aromatic N) is 1. The Balaban J connectivity index is 0.000000413. The molecule has 1 saturated heterocycles. The molecule has 0 aromatic heterocycles. The van der Waals surface area contributed by atoms with Gasteiger partial charge in [-0.15, -0.1) is 0 Å². The molecular weight excluding hydrogens is 312 g/mol. The van der Waals surface area contributed by atoms with Gasteiger partial charge in [0.15, 0.2) is 0 Å². The van der Waals surface area contributed by atoms with Crippen LogP contribution in [0.3, 0.4) is 0 Å². The Morgan fingerprint density at radius 1 is 1.17 bits per heavy atom. The third-order valence-electron chi connectivity index (χ3n) is 3.72. The maximum Gasteiger partial charge on any atom is 0.414 e. The van der Waals surface area contributed by atoms with Crippen molar-refractivity contribution in [2.75, 3.05) is 33.2 Å². The predicted octanol–water partition coefficient (Wildman–Crippen LogP) is 1.04. The van der Waals surface area contributed by atoms with Gasteiger partial charge in [0, 0.05) is 26.2 Å². The second-order valence-corrected chi connectivity index (χ2v) is 5.55. The molecule has 1 aliphatic heterocycles. The van der Waals surface area contributed by atoms with Gasteiger partial charge in [-0.25, -0.2) is 9.59 Å². The molecule has 7 nitrogen and oxygen atoms in total. The molecule has 0 bridgehead atoms. The number of hydrogen-bond donors (Lipinski definition) is 3. The Morgan fingerprint density at radius 3 is 2.25 bits per heavy atom. The molecule has 1 heterocycles. The highest BCUT2D eigenvalue weighted by molar-refractivity contribution is 6.27. The highest BCUT2D eigenvalue weighted by Crippen LogP contribution is 2.15. The molecule has 0 saturated carbocycles. The van der Waals surface area contributed by atoms with Crippen LogP contribution in [-0.4, -0.2) is 66.4 Å². The number of benzene rings is 1. The molecule has 134 valence electrons. The average molecular weight is 338 g/mol. The van der Waals surface area contributed by atoms with Crippen LogP contribution in [0.1, 0.15) is 18.4 Å². The van der Waals surface area contributed by atoms with Crippen molar-refractivity contribution in [3.8, 4) is 0 Å². The minimum Gasteiger partial charge on any atom is -0.473 e. The maximum atomic E-state index is 9.10. The van der Waals surface area contributed by atoms with Crippen molar-refractivity contribution in [1.82, 2.24) is 10.2 Å². The molecule has 0 amide bonds. The minimum atomic E-state index is -1.82. The molecular formula is C17H26N2O5. The zero-order chi connectivity index (χ0) is 17.8. The summed E-state index contributed by atoms with van der Waals surface area (Å²) in [5.74, 6) is -3.65. The Labute approximate surface area is 142 Å². The SMILES string of the molecule is CNCCN1CCC(OCc2ccccc2)CC1.O=C(O)C(=O)O. The van der Waals surface area contributed by atoms with E-state index in [9.17, 15) is 0 Å². The van der Waals surface area contributed by atoms with Crippen molar-refractivity contribution in [2.45, 2.75) is 25.6 Å². The molecule has 0 aliphatic carbocycles. The number of aliphatic carboxylic acids is 2. The summed E-state index contributed by atoms with van der Waals surface area (Å²) >= 11 is 0. The summed E-state index contributed by atoms with van der Waals surface area (Å²) in [4.78, 5) is 20.7. The van der Waals surface area contributed by atoms with Gasteiger partial charge in [0.05, 0.1) is 12.7 Å². The zero-order valence-corrected chi connectivity index (χ0v) is 14.0. The van der Waals surface area contributed by atoms with E-state index in [0.717, 1.165) is 32.5 Å². The van der Waals surface area contributed by atoms with Crippen LogP contribution in [0.2, 0.25) is 0 Å². The normalized spacial score (nSPS) is 15.4. The summed E-state index contributed by atoms with van der Waals surface area (Å²) in [6.45, 7) is 5.32. The van der Waals surface area contributed by atoms with Crippen LogP contribution in [0.4, 0.5) is 0 Å². The molecule has 3 N–H and O–H groups in total. The molecule has 7 heteroatoms. The van der Waals surface area contributed by atoms with Crippen LogP contribution in [-0.2, 0) is 20.9 Å². The number of likely N-dealkylation sites (tertiary alicyclic amines) is 1. The number of nitrogens with one attached hydrogen (secondary N) is 1. The van der Waals surface area contributed by atoms with Crippen LogP contribution in [0, 0.1) is 0 Å². The van der Waals surface area contributed by atoms with Gasteiger partial charge >= 0.3 is 11.9 Å². The lowest BCUT2D eigenvalue weighted by Crippen LogP contribution is -2.40. The van der Waals surface area contributed by atoms with Gasteiger partial charge in [-0.3, -0.25) is 0 Å². The van der Waals surface area contributed by atoms with Crippen LogP contribution in [0.5, 0.6) is 0 Å². The minimum absolute atomic E-state index is 0.441. The molecule has 1 aliphatic rings. The van der Waals surface area contributed by atoms with E-state index in [-0.39, 0.29) is 0 Å². The van der Waals surface area contributed by atoms with Crippen LogP contribution in [0.15, 0.2) is 30.3 Å². The van der Waals surface area contributed by atoms with E-state index >= 15 is 0 Å². The summed E-state index contributed by atoms with van der Waals surface area (Å²) in [7, 11) is 2.01.